The first kappa shape index (κ1) is 11.2. The number of halogens is 1. The van der Waals surface area contributed by atoms with E-state index in [1.807, 2.05) is 12.1 Å². The van der Waals surface area contributed by atoms with Crippen molar-refractivity contribution in [3.05, 3.63) is 28.6 Å². The predicted octanol–water partition coefficient (Wildman–Crippen LogP) is 2.30. The second-order valence-corrected chi connectivity index (χ2v) is 5.43. The van der Waals surface area contributed by atoms with E-state index in [0.717, 1.165) is 29.0 Å². The van der Waals surface area contributed by atoms with E-state index < -0.39 is 0 Å². The minimum absolute atomic E-state index is 0.513. The molecular formula is C12H15BrN4. The molecule has 0 aromatic carbocycles. The minimum Gasteiger partial charge on any atom is -0.303 e. The second kappa shape index (κ2) is 4.38. The van der Waals surface area contributed by atoms with Crippen molar-refractivity contribution in [1.29, 1.82) is 0 Å². The van der Waals surface area contributed by atoms with Crippen molar-refractivity contribution in [2.75, 3.05) is 19.6 Å². The second-order valence-electron chi connectivity index (χ2n) is 4.51. The van der Waals surface area contributed by atoms with Crippen molar-refractivity contribution < 1.29 is 0 Å². The Bertz CT molecular complexity index is 536. The average molecular weight is 295 g/mol. The fraction of sp³-hybridized carbons (Fsp3) is 0.500. The van der Waals surface area contributed by atoms with Gasteiger partial charge in [-0.1, -0.05) is 6.92 Å². The zero-order valence-electron chi connectivity index (χ0n) is 9.80. The fourth-order valence-electron chi connectivity index (χ4n) is 2.49. The molecule has 1 atom stereocenters. The Hall–Kier alpha value is -0.940. The maximum absolute atomic E-state index is 4.35. The molecule has 1 unspecified atom stereocenters. The Morgan fingerprint density at radius 2 is 2.29 bits per heavy atom. The lowest BCUT2D eigenvalue weighted by Gasteiger charge is -2.12. The van der Waals surface area contributed by atoms with Gasteiger partial charge in [0.25, 0.3) is 0 Å². The molecule has 0 amide bonds. The summed E-state index contributed by atoms with van der Waals surface area (Å²) in [5.74, 6) is 1.61. The highest BCUT2D eigenvalue weighted by molar-refractivity contribution is 9.10. The van der Waals surface area contributed by atoms with Crippen molar-refractivity contribution in [3.63, 3.8) is 0 Å². The van der Waals surface area contributed by atoms with Crippen LogP contribution in [0.1, 0.15) is 25.1 Å². The van der Waals surface area contributed by atoms with E-state index in [2.05, 4.69) is 48.5 Å². The van der Waals surface area contributed by atoms with Crippen molar-refractivity contribution >= 4 is 21.6 Å². The summed E-state index contributed by atoms with van der Waals surface area (Å²) in [6.45, 7) is 5.60. The van der Waals surface area contributed by atoms with E-state index >= 15 is 0 Å². The number of pyridine rings is 1. The smallest absolute Gasteiger partial charge is 0.160 e. The Morgan fingerprint density at radius 1 is 1.41 bits per heavy atom. The number of hydrogen-bond acceptors (Lipinski definition) is 3. The van der Waals surface area contributed by atoms with Crippen LogP contribution in [0.25, 0.3) is 5.65 Å². The Balaban J connectivity index is 1.98. The molecule has 4 nitrogen and oxygen atoms in total. The molecular weight excluding hydrogens is 280 g/mol. The number of rotatable bonds is 2. The highest BCUT2D eigenvalue weighted by Gasteiger charge is 2.26. The maximum Gasteiger partial charge on any atom is 0.160 e. The van der Waals surface area contributed by atoms with Gasteiger partial charge in [0, 0.05) is 23.1 Å². The first-order valence-corrected chi connectivity index (χ1v) is 6.79. The standard InChI is InChI=1S/C12H15BrN4/c1-2-16-6-5-9(7-16)12-15-14-11-4-3-10(13)8-17(11)12/h3-4,8-9H,2,5-7H2,1H3. The largest absolute Gasteiger partial charge is 0.303 e. The first-order chi connectivity index (χ1) is 8.28. The van der Waals surface area contributed by atoms with Crippen molar-refractivity contribution in [3.8, 4) is 0 Å². The van der Waals surface area contributed by atoms with Gasteiger partial charge in [-0.15, -0.1) is 10.2 Å². The molecule has 90 valence electrons. The Labute approximate surface area is 109 Å². The number of likely N-dealkylation sites (N-methyl/N-ethyl adjacent to an activating group) is 1. The molecule has 17 heavy (non-hydrogen) atoms. The van der Waals surface area contributed by atoms with Crippen LogP contribution in [0.3, 0.4) is 0 Å². The van der Waals surface area contributed by atoms with Crippen molar-refractivity contribution in [1.82, 2.24) is 19.5 Å². The molecule has 0 radical (unpaired) electrons. The van der Waals surface area contributed by atoms with E-state index in [9.17, 15) is 0 Å². The molecule has 1 aliphatic rings. The summed E-state index contributed by atoms with van der Waals surface area (Å²) in [6, 6.07) is 3.99. The van der Waals surface area contributed by atoms with E-state index in [-0.39, 0.29) is 0 Å². The van der Waals surface area contributed by atoms with Crippen LogP contribution >= 0.6 is 15.9 Å². The summed E-state index contributed by atoms with van der Waals surface area (Å²) in [5, 5.41) is 8.58. The zero-order chi connectivity index (χ0) is 11.8. The van der Waals surface area contributed by atoms with E-state index in [1.54, 1.807) is 0 Å². The van der Waals surface area contributed by atoms with E-state index in [0.29, 0.717) is 5.92 Å². The summed E-state index contributed by atoms with van der Waals surface area (Å²) >= 11 is 3.50. The number of aromatic nitrogens is 3. The highest BCUT2D eigenvalue weighted by Crippen LogP contribution is 2.26. The van der Waals surface area contributed by atoms with Crippen LogP contribution in [0.2, 0.25) is 0 Å². The quantitative estimate of drug-likeness (QED) is 0.852. The summed E-state index contributed by atoms with van der Waals surface area (Å²) in [5.41, 5.74) is 0.929. The molecule has 2 aromatic heterocycles. The number of fused-ring (bicyclic) bond motifs is 1. The normalized spacial score (nSPS) is 21.4. The van der Waals surface area contributed by atoms with Crippen LogP contribution in [-0.2, 0) is 0 Å². The Morgan fingerprint density at radius 3 is 3.06 bits per heavy atom. The van der Waals surface area contributed by atoms with Gasteiger partial charge in [0.1, 0.15) is 5.82 Å². The minimum atomic E-state index is 0.513. The van der Waals surface area contributed by atoms with Gasteiger partial charge in [0.15, 0.2) is 5.65 Å². The molecule has 0 saturated carbocycles. The molecule has 1 fully saturated rings. The van der Waals surface area contributed by atoms with Gasteiger partial charge in [0.2, 0.25) is 0 Å². The molecule has 2 aromatic rings. The van der Waals surface area contributed by atoms with Crippen LogP contribution in [-0.4, -0.2) is 39.1 Å². The molecule has 1 saturated heterocycles. The molecule has 0 spiro atoms. The molecule has 0 bridgehead atoms. The van der Waals surface area contributed by atoms with Gasteiger partial charge < -0.3 is 4.90 Å². The van der Waals surface area contributed by atoms with Gasteiger partial charge in [0.05, 0.1) is 0 Å². The van der Waals surface area contributed by atoms with Crippen LogP contribution < -0.4 is 0 Å². The van der Waals surface area contributed by atoms with Gasteiger partial charge in [-0.2, -0.15) is 0 Å². The third kappa shape index (κ3) is 1.98. The summed E-state index contributed by atoms with van der Waals surface area (Å²) in [6.07, 6.45) is 3.24. The summed E-state index contributed by atoms with van der Waals surface area (Å²) < 4.78 is 3.17. The fourth-order valence-corrected chi connectivity index (χ4v) is 2.83. The van der Waals surface area contributed by atoms with Gasteiger partial charge in [-0.3, -0.25) is 4.40 Å². The van der Waals surface area contributed by atoms with Gasteiger partial charge >= 0.3 is 0 Å². The molecule has 3 heterocycles. The number of nitrogens with zero attached hydrogens (tertiary/aromatic N) is 4. The van der Waals surface area contributed by atoms with Gasteiger partial charge in [-0.25, -0.2) is 0 Å². The first-order valence-electron chi connectivity index (χ1n) is 6.00. The van der Waals surface area contributed by atoms with Crippen LogP contribution in [0.5, 0.6) is 0 Å². The van der Waals surface area contributed by atoms with Crippen LogP contribution in [0.15, 0.2) is 22.8 Å². The Kier molecular flexibility index (Phi) is 2.88. The third-order valence-electron chi connectivity index (χ3n) is 3.48. The molecule has 3 rings (SSSR count). The van der Waals surface area contributed by atoms with Crippen LogP contribution in [0, 0.1) is 0 Å². The summed E-state index contributed by atoms with van der Waals surface area (Å²) in [4.78, 5) is 2.46. The molecule has 0 aliphatic carbocycles. The average Bonchev–Trinajstić information content (AvgIpc) is 2.93. The maximum atomic E-state index is 4.35. The molecule has 1 aliphatic heterocycles. The number of likely N-dealkylation sites (tertiary alicyclic amines) is 1. The summed E-state index contributed by atoms with van der Waals surface area (Å²) in [7, 11) is 0. The lowest BCUT2D eigenvalue weighted by Crippen LogP contribution is -2.19. The zero-order valence-corrected chi connectivity index (χ0v) is 11.4. The predicted molar refractivity (Wildman–Crippen MR) is 70.2 cm³/mol. The van der Waals surface area contributed by atoms with Crippen LogP contribution in [0.4, 0.5) is 0 Å². The lowest BCUT2D eigenvalue weighted by molar-refractivity contribution is 0.352. The van der Waals surface area contributed by atoms with E-state index in [4.69, 9.17) is 0 Å². The van der Waals surface area contributed by atoms with Crippen molar-refractivity contribution in [2.24, 2.45) is 0 Å². The third-order valence-corrected chi connectivity index (χ3v) is 3.95. The van der Waals surface area contributed by atoms with Gasteiger partial charge in [-0.05, 0) is 47.6 Å². The van der Waals surface area contributed by atoms with Crippen molar-refractivity contribution in [2.45, 2.75) is 19.3 Å². The lowest BCUT2D eigenvalue weighted by atomic mass is 10.1. The monoisotopic (exact) mass is 294 g/mol. The highest BCUT2D eigenvalue weighted by atomic mass is 79.9. The molecule has 5 heteroatoms. The molecule has 0 N–H and O–H groups in total. The topological polar surface area (TPSA) is 33.4 Å². The number of hydrogen-bond donors (Lipinski definition) is 0. The van der Waals surface area contributed by atoms with E-state index in [1.165, 1.54) is 13.0 Å². The SMILES string of the molecule is CCN1CCC(c2nnc3ccc(Br)cn23)C1.